The van der Waals surface area contributed by atoms with Gasteiger partial charge in [0.25, 0.3) is 0 Å². The van der Waals surface area contributed by atoms with E-state index in [9.17, 15) is 0 Å². The lowest BCUT2D eigenvalue weighted by atomic mass is 8.68. The minimum Gasteiger partial charge on any atom is -0.382 e. The fourth-order valence-electron chi connectivity index (χ4n) is 7.75. The Hall–Kier alpha value is -2.20. The van der Waals surface area contributed by atoms with Gasteiger partial charge in [0, 0.05) is 167 Å². The molecule has 36 heteroatoms. The number of rotatable bonds is 9. The van der Waals surface area contributed by atoms with Crippen molar-refractivity contribution >= 4 is 196 Å². The predicted molar refractivity (Wildman–Crippen MR) is 328 cm³/mol. The molecule has 4 aliphatic rings. The van der Waals surface area contributed by atoms with Gasteiger partial charge in [0.05, 0.1) is 47.9 Å². The highest BCUT2D eigenvalue weighted by atomic mass is 35.5. The van der Waals surface area contributed by atoms with E-state index in [0.717, 1.165) is 62.9 Å². The van der Waals surface area contributed by atoms with Crippen LogP contribution in [0.5, 0.6) is 0 Å². The van der Waals surface area contributed by atoms with Gasteiger partial charge in [-0.3, -0.25) is 0 Å². The van der Waals surface area contributed by atoms with Gasteiger partial charge >= 0.3 is 0 Å². The number of anilines is 5. The van der Waals surface area contributed by atoms with Crippen molar-refractivity contribution in [1.29, 1.82) is 0 Å². The first-order valence-corrected chi connectivity index (χ1v) is 25.6. The molecule has 8 heterocycles. The molecule has 4 saturated heterocycles. The van der Waals surface area contributed by atoms with Crippen LogP contribution in [-0.4, -0.2) is 202 Å². The summed E-state index contributed by atoms with van der Waals surface area (Å²) in [6, 6.07) is 3.83. The highest BCUT2D eigenvalue weighted by Gasteiger charge is 2.48. The summed E-state index contributed by atoms with van der Waals surface area (Å²) in [6.45, 7) is 9.67. The number of nitrogens with one attached hydrogen (secondary N) is 1. The van der Waals surface area contributed by atoms with Crippen LogP contribution in [0.15, 0.2) is 56.8 Å². The number of aromatic nitrogens is 6. The minimum atomic E-state index is -0.630. The third-order valence-corrected chi connectivity index (χ3v) is 15.9. The van der Waals surface area contributed by atoms with Crippen LogP contribution in [0, 0.1) is 10.8 Å². The largest absolute Gasteiger partial charge is 0.382 e. The number of piperidine rings is 2. The standard InChI is InChI=1S/C18H24ClN7OS.C9H7Cl2N5S.C9H18N2O.2CH4.B8.B7/c1-10-14(20)18(9-27-10)3-6-26(7-4-18)12-8-24-17(16(22)25-12)28-11-2-5-23-15(21)13(11)19;10-5-3-15-9(8(13)16-5)17-4-1-2-14-7(12)6(4)11;1-7-8(10)9(6-12-7)2-4-11-5-3-9;;;1-6(2)8(5)7(3)4;1-5-7(4)6(2)3/h2,5,8,10,14H,3-4,6-7,9,20H2,1H3,(H2,21,23)(H2,22,25);1-3H,(H2,12,14)(H2,13,16);7-8,11H,2-6,10H2,1H3;2*1H4;;/t10-,14+;;7-,8+;;;;/m0.0..../s1. The van der Waals surface area contributed by atoms with Crippen LogP contribution in [0.4, 0.5) is 29.1 Å². The van der Waals surface area contributed by atoms with Gasteiger partial charge in [0.15, 0.2) is 11.6 Å². The smallest absolute Gasteiger partial charge is 0.158 e. The summed E-state index contributed by atoms with van der Waals surface area (Å²) >= 11 is 20.4. The number of ether oxygens (including phenoxy) is 2. The second-order valence-electron chi connectivity index (χ2n) is 17.6. The number of pyridine rings is 2. The second-order valence-corrected chi connectivity index (χ2v) is 20.9. The topological polar surface area (TPSA) is 267 Å². The summed E-state index contributed by atoms with van der Waals surface area (Å²) in [4.78, 5) is 28.5. The van der Waals surface area contributed by atoms with Gasteiger partial charge in [-0.1, -0.05) is 73.2 Å². The maximum Gasteiger partial charge on any atom is 0.158 e. The second kappa shape index (κ2) is 32.0. The molecule has 2 spiro atoms. The molecule has 74 heavy (non-hydrogen) atoms. The summed E-state index contributed by atoms with van der Waals surface area (Å²) in [7, 11) is 47.4. The van der Waals surface area contributed by atoms with Crippen LogP contribution in [-0.2, 0) is 9.47 Å². The lowest BCUT2D eigenvalue weighted by Gasteiger charge is -2.41. The van der Waals surface area contributed by atoms with E-state index < -0.39 is 25.5 Å². The molecule has 16 nitrogen and oxygen atoms in total. The summed E-state index contributed by atoms with van der Waals surface area (Å²) in [6.07, 6.45) is 8.30. The third kappa shape index (κ3) is 19.0. The molecule has 0 amide bonds. The van der Waals surface area contributed by atoms with E-state index >= 15 is 0 Å². The van der Waals surface area contributed by atoms with Crippen molar-refractivity contribution in [2.75, 3.05) is 67.2 Å². The lowest BCUT2D eigenvalue weighted by Crippen LogP contribution is -2.52. The van der Waals surface area contributed by atoms with Gasteiger partial charge < -0.3 is 54.1 Å². The van der Waals surface area contributed by atoms with Gasteiger partial charge in [-0.05, 0) is 64.8 Å². The monoisotopic (exact) mass is 1080 g/mol. The lowest BCUT2D eigenvalue weighted by molar-refractivity contribution is 0.0952. The summed E-state index contributed by atoms with van der Waals surface area (Å²) < 4.78 is 11.4. The Labute approximate surface area is 477 Å². The summed E-state index contributed by atoms with van der Waals surface area (Å²) in [5.41, 5.74) is 36.1. The molecule has 8 rings (SSSR count). The molecule has 19 radical (unpaired) electrons. The molecule has 0 unspecified atom stereocenters. The highest BCUT2D eigenvalue weighted by Crippen LogP contribution is 2.43. The van der Waals surface area contributed by atoms with E-state index in [1.165, 1.54) is 49.6 Å². The zero-order chi connectivity index (χ0) is 53.5. The average Bonchev–Trinajstić information content (AvgIpc) is 3.78. The molecule has 4 fully saturated rings. The Morgan fingerprint density at radius 2 is 1.09 bits per heavy atom. The Bertz CT molecular complexity index is 2320. The first-order chi connectivity index (χ1) is 33.9. The van der Waals surface area contributed by atoms with Crippen molar-refractivity contribution in [2.24, 2.45) is 22.3 Å². The van der Waals surface area contributed by atoms with Gasteiger partial charge in [-0.15, -0.1) is 0 Å². The molecule has 0 bridgehead atoms. The van der Waals surface area contributed by atoms with Gasteiger partial charge in [0.2, 0.25) is 0 Å². The zero-order valence-electron chi connectivity index (χ0n) is 40.4. The van der Waals surface area contributed by atoms with Crippen molar-refractivity contribution < 1.29 is 9.47 Å². The Kier molecular flexibility index (Phi) is 29.4. The van der Waals surface area contributed by atoms with Gasteiger partial charge in [0.1, 0.15) is 32.7 Å². The van der Waals surface area contributed by atoms with E-state index in [-0.39, 0.29) is 73.6 Å². The minimum absolute atomic E-state index is 0. The number of nitrogens with zero attached hydrogens (tertiary/aromatic N) is 7. The average molecular weight is 1070 g/mol. The predicted octanol–water partition coefficient (Wildman–Crippen LogP) is 0.330. The van der Waals surface area contributed by atoms with E-state index in [1.54, 1.807) is 30.7 Å². The van der Waals surface area contributed by atoms with Crippen molar-refractivity contribution in [1.82, 2.24) is 35.2 Å². The number of hydrogen-bond donors (Lipinski definition) is 7. The maximum absolute atomic E-state index is 6.39. The van der Waals surface area contributed by atoms with Gasteiger partial charge in [-0.2, -0.15) is 0 Å². The van der Waals surface area contributed by atoms with E-state index in [1.807, 2.05) is 0 Å². The van der Waals surface area contributed by atoms with Crippen LogP contribution in [0.3, 0.4) is 0 Å². The molecule has 0 aromatic carbocycles. The SMILES string of the molecule is C.C.C[C@@H]1OCC2(CCN(c3cnc(Sc4ccnc(N)c4Cl)c(N)n3)CC2)[C@@H]1N.C[C@@H]1OCC2(CCNCC2)[C@@H]1N.Nc1nc(Cl)cnc1Sc1ccnc(N)c1Cl.[B]B([B])B([B])B([B])[B].[B][B]B([B])B([B])[B]. The van der Waals surface area contributed by atoms with Crippen molar-refractivity contribution in [2.45, 2.75) is 98.5 Å². The fourth-order valence-corrected chi connectivity index (χ4v) is 9.92. The molecule has 0 saturated carbocycles. The van der Waals surface area contributed by atoms with Crippen LogP contribution >= 0.6 is 58.3 Å². The Balaban J connectivity index is 0.000000349. The molecular formula is C38H57B15Cl3N14O2S2. The summed E-state index contributed by atoms with van der Waals surface area (Å²) in [5, 5.41) is 5.47. The molecule has 4 atom stereocenters. The number of nitrogens with two attached hydrogens (primary N) is 6. The number of nitrogen functional groups attached to an aromatic ring is 4. The molecule has 13 N–H and O–H groups in total. The van der Waals surface area contributed by atoms with Crippen molar-refractivity contribution in [3.8, 4) is 0 Å². The zero-order valence-corrected chi connectivity index (χ0v) is 44.3. The number of halogens is 3. The van der Waals surface area contributed by atoms with Crippen LogP contribution < -0.4 is 44.6 Å². The first kappa shape index (κ1) is 67.9. The highest BCUT2D eigenvalue weighted by molar-refractivity contribution is 7.99. The maximum atomic E-state index is 6.39. The third-order valence-electron chi connectivity index (χ3n) is 12.6. The molecule has 4 aromatic rings. The molecule has 4 aliphatic heterocycles. The van der Waals surface area contributed by atoms with Crippen LogP contribution in [0.25, 0.3) is 0 Å². The molecule has 369 valence electrons. The van der Waals surface area contributed by atoms with Crippen LogP contribution in [0.1, 0.15) is 54.4 Å². The normalized spacial score (nSPS) is 19.6. The quantitative estimate of drug-likeness (QED) is 0.111. The van der Waals surface area contributed by atoms with E-state index in [2.05, 4.69) is 54.0 Å². The molecule has 0 aliphatic carbocycles. The van der Waals surface area contributed by atoms with Crippen molar-refractivity contribution in [3.63, 3.8) is 0 Å². The molecular weight excluding hydrogens is 1020 g/mol. The Morgan fingerprint density at radius 3 is 1.45 bits per heavy atom. The van der Waals surface area contributed by atoms with E-state index in [0.29, 0.717) is 36.2 Å². The van der Waals surface area contributed by atoms with Crippen LogP contribution in [0.2, 0.25) is 15.2 Å². The molecule has 4 aromatic heterocycles. The first-order valence-electron chi connectivity index (χ1n) is 22.8. The number of hydrogen-bond acceptors (Lipinski definition) is 18. The fraction of sp³-hybridized carbons (Fsp3) is 0.526. The van der Waals surface area contributed by atoms with Crippen molar-refractivity contribution in [3.05, 3.63) is 52.1 Å². The summed E-state index contributed by atoms with van der Waals surface area (Å²) in [5.74, 6) is 1.92. The van der Waals surface area contributed by atoms with Gasteiger partial charge in [-0.25, -0.2) is 29.9 Å². The Morgan fingerprint density at radius 1 is 0.662 bits per heavy atom. The van der Waals surface area contributed by atoms with E-state index in [4.69, 9.17) is 148 Å².